The summed E-state index contributed by atoms with van der Waals surface area (Å²) in [7, 11) is -3.11. The van der Waals surface area contributed by atoms with E-state index in [4.69, 9.17) is 0 Å². The van der Waals surface area contributed by atoms with E-state index in [0.29, 0.717) is 18.5 Å². The number of rotatable bonds is 4. The van der Waals surface area contributed by atoms with Crippen LogP contribution in [0, 0.1) is 5.92 Å². The van der Waals surface area contributed by atoms with Crippen molar-refractivity contribution in [2.45, 2.75) is 42.5 Å². The SMILES string of the molecule is Cn1cc(S(=O)(=O)C(C)(C)C2CCN(C(=O)Nc3ccnnc3)CC2)c(C(F)(F)F)n1. The van der Waals surface area contributed by atoms with Gasteiger partial charge in [0.2, 0.25) is 0 Å². The van der Waals surface area contributed by atoms with E-state index >= 15 is 0 Å². The van der Waals surface area contributed by atoms with Gasteiger partial charge in [-0.3, -0.25) is 4.68 Å². The van der Waals surface area contributed by atoms with E-state index in [1.165, 1.54) is 38.2 Å². The van der Waals surface area contributed by atoms with Crippen molar-refractivity contribution in [3.05, 3.63) is 30.4 Å². The second kappa shape index (κ2) is 8.09. The van der Waals surface area contributed by atoms with E-state index in [2.05, 4.69) is 20.6 Å². The zero-order valence-electron chi connectivity index (χ0n) is 17.2. The summed E-state index contributed by atoms with van der Waals surface area (Å²) >= 11 is 0. The number of halogens is 3. The molecular formula is C18H23F3N6O3S. The van der Waals surface area contributed by atoms with Crippen molar-refractivity contribution >= 4 is 21.6 Å². The number of aromatic nitrogens is 4. The van der Waals surface area contributed by atoms with E-state index in [-0.39, 0.29) is 19.1 Å². The summed E-state index contributed by atoms with van der Waals surface area (Å²) in [6, 6.07) is 1.22. The first kappa shape index (κ1) is 23.0. The van der Waals surface area contributed by atoms with Gasteiger partial charge in [-0.25, -0.2) is 13.2 Å². The van der Waals surface area contributed by atoms with Gasteiger partial charge < -0.3 is 10.2 Å². The van der Waals surface area contributed by atoms with Crippen molar-refractivity contribution in [3.8, 4) is 0 Å². The van der Waals surface area contributed by atoms with E-state index < -0.39 is 37.3 Å². The lowest BCUT2D eigenvalue weighted by molar-refractivity contribution is -0.143. The van der Waals surface area contributed by atoms with Crippen LogP contribution in [-0.2, 0) is 23.1 Å². The molecular weight excluding hydrogens is 437 g/mol. The Labute approximate surface area is 177 Å². The number of nitrogens with zero attached hydrogens (tertiary/aromatic N) is 5. The van der Waals surface area contributed by atoms with Gasteiger partial charge in [0.15, 0.2) is 15.5 Å². The van der Waals surface area contributed by atoms with E-state index in [0.717, 1.165) is 10.9 Å². The number of alkyl halides is 3. The fourth-order valence-corrected chi connectivity index (χ4v) is 5.65. The third-order valence-electron chi connectivity index (χ3n) is 5.65. The smallest absolute Gasteiger partial charge is 0.325 e. The highest BCUT2D eigenvalue weighted by Gasteiger charge is 2.49. The number of anilines is 1. The van der Waals surface area contributed by atoms with E-state index in [1.807, 2.05) is 0 Å². The van der Waals surface area contributed by atoms with Gasteiger partial charge in [-0.1, -0.05) is 0 Å². The molecule has 13 heteroatoms. The molecule has 0 aliphatic carbocycles. The number of carbonyl (C=O) groups is 1. The highest BCUT2D eigenvalue weighted by molar-refractivity contribution is 7.92. The van der Waals surface area contributed by atoms with Crippen LogP contribution in [0.15, 0.2) is 29.6 Å². The summed E-state index contributed by atoms with van der Waals surface area (Å²) in [4.78, 5) is 13.1. The highest BCUT2D eigenvalue weighted by Crippen LogP contribution is 2.42. The Morgan fingerprint density at radius 3 is 2.39 bits per heavy atom. The van der Waals surface area contributed by atoms with Crippen molar-refractivity contribution in [1.82, 2.24) is 24.9 Å². The first-order valence-corrected chi connectivity index (χ1v) is 11.0. The van der Waals surface area contributed by atoms with Crippen LogP contribution >= 0.6 is 0 Å². The van der Waals surface area contributed by atoms with Crippen molar-refractivity contribution in [2.24, 2.45) is 13.0 Å². The zero-order chi connectivity index (χ0) is 23.0. The van der Waals surface area contributed by atoms with Gasteiger partial charge in [-0.15, -0.1) is 0 Å². The molecule has 3 rings (SSSR count). The number of hydrogen-bond donors (Lipinski definition) is 1. The lowest BCUT2D eigenvalue weighted by atomic mass is 9.86. The van der Waals surface area contributed by atoms with Crippen molar-refractivity contribution in [3.63, 3.8) is 0 Å². The van der Waals surface area contributed by atoms with Crippen LogP contribution in [0.5, 0.6) is 0 Å². The standard InChI is InChI=1S/C18H23F3N6O3S/c1-17(2,31(29,30)14-11-26(3)25-15(14)18(19,20)21)12-5-8-27(9-6-12)16(28)24-13-4-7-22-23-10-13/h4,7,10-12H,5-6,8-9H2,1-3H3,(H,22,24,28). The minimum Gasteiger partial charge on any atom is -0.325 e. The molecule has 0 radical (unpaired) electrons. The number of amides is 2. The van der Waals surface area contributed by atoms with E-state index in [9.17, 15) is 26.4 Å². The number of carbonyl (C=O) groups excluding carboxylic acids is 1. The normalized spacial score (nSPS) is 16.4. The summed E-state index contributed by atoms with van der Waals surface area (Å²) in [5.74, 6) is -0.439. The number of likely N-dealkylation sites (tertiary alicyclic amines) is 1. The maximum absolute atomic E-state index is 13.3. The quantitative estimate of drug-likeness (QED) is 0.751. The van der Waals surface area contributed by atoms with Crippen LogP contribution in [0.1, 0.15) is 32.4 Å². The number of nitrogens with one attached hydrogen (secondary N) is 1. The van der Waals surface area contributed by atoms with Gasteiger partial charge in [0.25, 0.3) is 0 Å². The molecule has 1 saturated heterocycles. The Morgan fingerprint density at radius 1 is 1.19 bits per heavy atom. The molecule has 1 aliphatic heterocycles. The number of hydrogen-bond acceptors (Lipinski definition) is 6. The maximum Gasteiger partial charge on any atom is 0.436 e. The molecule has 9 nitrogen and oxygen atoms in total. The number of sulfone groups is 1. The van der Waals surface area contributed by atoms with Crippen LogP contribution in [0.25, 0.3) is 0 Å². The first-order chi connectivity index (χ1) is 14.3. The van der Waals surface area contributed by atoms with Crippen LogP contribution in [0.4, 0.5) is 23.7 Å². The van der Waals surface area contributed by atoms with E-state index in [1.54, 1.807) is 6.07 Å². The predicted molar refractivity (Wildman–Crippen MR) is 105 cm³/mol. The first-order valence-electron chi connectivity index (χ1n) is 9.52. The molecule has 2 aromatic heterocycles. The predicted octanol–water partition coefficient (Wildman–Crippen LogP) is 2.73. The molecule has 2 amide bonds. The second-order valence-corrected chi connectivity index (χ2v) is 10.4. The largest absolute Gasteiger partial charge is 0.436 e. The van der Waals surface area contributed by atoms with Crippen molar-refractivity contribution < 1.29 is 26.4 Å². The fraction of sp³-hybridized carbons (Fsp3) is 0.556. The fourth-order valence-electron chi connectivity index (χ4n) is 3.71. The van der Waals surface area contributed by atoms with Crippen LogP contribution < -0.4 is 5.32 Å². The lowest BCUT2D eigenvalue weighted by Gasteiger charge is -2.40. The zero-order valence-corrected chi connectivity index (χ0v) is 18.0. The molecule has 1 N–H and O–H groups in total. The molecule has 2 aromatic rings. The minimum atomic E-state index is -4.89. The average molecular weight is 460 g/mol. The number of urea groups is 1. The topological polar surface area (TPSA) is 110 Å². The summed E-state index contributed by atoms with van der Waals surface area (Å²) in [5, 5.41) is 13.3. The summed E-state index contributed by atoms with van der Waals surface area (Å²) < 4.78 is 65.9. The van der Waals surface area contributed by atoms with Gasteiger partial charge >= 0.3 is 12.2 Å². The molecule has 0 bridgehead atoms. The minimum absolute atomic E-state index is 0.271. The number of aryl methyl sites for hydroxylation is 1. The Kier molecular flexibility index (Phi) is 6.00. The summed E-state index contributed by atoms with van der Waals surface area (Å²) in [6.45, 7) is 3.40. The van der Waals surface area contributed by atoms with Gasteiger partial charge in [-0.05, 0) is 38.7 Å². The monoisotopic (exact) mass is 460 g/mol. The third-order valence-corrected chi connectivity index (χ3v) is 8.24. The molecule has 1 fully saturated rings. The van der Waals surface area contributed by atoms with Crippen molar-refractivity contribution in [1.29, 1.82) is 0 Å². The lowest BCUT2D eigenvalue weighted by Crippen LogP contribution is -2.48. The second-order valence-electron chi connectivity index (χ2n) is 7.94. The Balaban J connectivity index is 1.74. The van der Waals surface area contributed by atoms with Crippen molar-refractivity contribution in [2.75, 3.05) is 18.4 Å². The van der Waals surface area contributed by atoms with Gasteiger partial charge in [0.05, 0.1) is 22.8 Å². The maximum atomic E-state index is 13.3. The number of piperidine rings is 1. The average Bonchev–Trinajstić information content (AvgIpc) is 3.12. The van der Waals surface area contributed by atoms with Crippen LogP contribution in [0.3, 0.4) is 0 Å². The Morgan fingerprint density at radius 2 is 1.84 bits per heavy atom. The molecule has 0 spiro atoms. The molecule has 170 valence electrons. The van der Waals surface area contributed by atoms with Gasteiger partial charge in [-0.2, -0.15) is 28.5 Å². The molecule has 3 heterocycles. The molecule has 0 aromatic carbocycles. The van der Waals surface area contributed by atoms with Gasteiger partial charge in [0, 0.05) is 26.3 Å². The summed E-state index contributed by atoms with van der Waals surface area (Å²) in [6.07, 6.45) is -0.505. The molecule has 1 aliphatic rings. The summed E-state index contributed by atoms with van der Waals surface area (Å²) in [5.41, 5.74) is -0.938. The molecule has 0 saturated carbocycles. The highest BCUT2D eigenvalue weighted by atomic mass is 32.2. The molecule has 0 unspecified atom stereocenters. The molecule has 31 heavy (non-hydrogen) atoms. The van der Waals surface area contributed by atoms with Crippen LogP contribution in [-0.4, -0.2) is 57.2 Å². The Hall–Kier alpha value is -2.70. The van der Waals surface area contributed by atoms with Crippen LogP contribution in [0.2, 0.25) is 0 Å². The molecule has 0 atom stereocenters. The van der Waals surface area contributed by atoms with Gasteiger partial charge in [0.1, 0.15) is 4.90 Å². The third kappa shape index (κ3) is 4.50. The Bertz CT molecular complexity index is 1050.